The van der Waals surface area contributed by atoms with E-state index in [0.29, 0.717) is 0 Å². The number of hydrogen-bond acceptors (Lipinski definition) is 0. The normalized spacial score (nSPS) is 38.2. The molecule has 3 rings (SSSR count). The third-order valence-corrected chi connectivity index (χ3v) is 7.46. The van der Waals surface area contributed by atoms with Crippen molar-refractivity contribution < 1.29 is 0 Å². The zero-order valence-corrected chi connectivity index (χ0v) is 9.74. The SMILES string of the molecule is [B-][P+]1(c2ccccc2)C=CC2CCCC21. The van der Waals surface area contributed by atoms with Crippen molar-refractivity contribution in [1.29, 1.82) is 0 Å². The molecule has 0 bridgehead atoms. The Kier molecular flexibility index (Phi) is 2.25. The Morgan fingerprint density at radius 1 is 1.13 bits per heavy atom. The summed E-state index contributed by atoms with van der Waals surface area (Å²) in [6.07, 6.45) is 6.44. The fraction of sp³-hybridized carbons (Fsp3) is 0.385. The molecule has 1 aromatic carbocycles. The Balaban J connectivity index is 2.01. The van der Waals surface area contributed by atoms with Crippen molar-refractivity contribution in [2.75, 3.05) is 0 Å². The molecule has 1 aliphatic heterocycles. The Hall–Kier alpha value is -0.545. The fourth-order valence-corrected chi connectivity index (χ4v) is 6.51. The molecule has 3 unspecified atom stereocenters. The summed E-state index contributed by atoms with van der Waals surface area (Å²) in [4.78, 5) is 0. The molecule has 3 atom stereocenters. The van der Waals surface area contributed by atoms with Gasteiger partial charge in [0.1, 0.15) is 0 Å². The van der Waals surface area contributed by atoms with Crippen LogP contribution >= 0.6 is 7.14 Å². The zero-order valence-electron chi connectivity index (χ0n) is 8.84. The first-order valence-corrected chi connectivity index (χ1v) is 7.72. The molecule has 1 aromatic rings. The van der Waals surface area contributed by atoms with Crippen molar-refractivity contribution in [3.8, 4) is 0 Å². The summed E-state index contributed by atoms with van der Waals surface area (Å²) in [5.74, 6) is 3.13. The van der Waals surface area contributed by atoms with Crippen LogP contribution in [-0.4, -0.2) is 13.2 Å². The molecule has 2 aliphatic rings. The molecule has 0 amide bonds. The van der Waals surface area contributed by atoms with Crippen LogP contribution in [-0.2, 0) is 0 Å². The van der Waals surface area contributed by atoms with Gasteiger partial charge in [0.05, 0.1) is 0 Å². The maximum atomic E-state index is 6.69. The average molecular weight is 213 g/mol. The van der Waals surface area contributed by atoms with Gasteiger partial charge in [-0.2, -0.15) is 7.14 Å². The Labute approximate surface area is 93.5 Å². The van der Waals surface area contributed by atoms with Gasteiger partial charge in [-0.3, -0.25) is 7.57 Å². The van der Waals surface area contributed by atoms with Crippen molar-refractivity contribution in [3.63, 3.8) is 0 Å². The van der Waals surface area contributed by atoms with Crippen molar-refractivity contribution in [1.82, 2.24) is 0 Å². The Morgan fingerprint density at radius 2 is 1.93 bits per heavy atom. The van der Waals surface area contributed by atoms with Crippen LogP contribution in [0.2, 0.25) is 0 Å². The molecule has 0 saturated heterocycles. The lowest BCUT2D eigenvalue weighted by atomic mass is 10.1. The summed E-state index contributed by atoms with van der Waals surface area (Å²) in [6.45, 7) is 0. The van der Waals surface area contributed by atoms with E-state index in [0.717, 1.165) is 11.6 Å². The van der Waals surface area contributed by atoms with E-state index in [1.807, 2.05) is 0 Å². The first-order valence-electron chi connectivity index (χ1n) is 5.73. The van der Waals surface area contributed by atoms with E-state index >= 15 is 0 Å². The molecule has 1 aliphatic carbocycles. The van der Waals surface area contributed by atoms with Gasteiger partial charge in [-0.05, 0) is 37.5 Å². The highest BCUT2D eigenvalue weighted by Gasteiger charge is 2.42. The van der Waals surface area contributed by atoms with Crippen molar-refractivity contribution in [2.45, 2.75) is 24.9 Å². The molecule has 2 heteroatoms. The number of benzene rings is 1. The number of hydrogen-bond donors (Lipinski definition) is 0. The third-order valence-electron chi connectivity index (χ3n) is 3.86. The maximum absolute atomic E-state index is 6.69. The van der Waals surface area contributed by atoms with E-state index in [1.165, 1.54) is 24.6 Å². The van der Waals surface area contributed by atoms with Gasteiger partial charge in [0.2, 0.25) is 0 Å². The Morgan fingerprint density at radius 3 is 2.73 bits per heavy atom. The van der Waals surface area contributed by atoms with E-state index in [2.05, 4.69) is 42.2 Å². The lowest BCUT2D eigenvalue weighted by Crippen LogP contribution is -2.20. The molecule has 0 aromatic heterocycles. The monoisotopic (exact) mass is 213 g/mol. The van der Waals surface area contributed by atoms with E-state index < -0.39 is 7.14 Å². The smallest absolute Gasteiger partial charge is 0.0463 e. The van der Waals surface area contributed by atoms with Crippen LogP contribution in [0.3, 0.4) is 0 Å². The predicted molar refractivity (Wildman–Crippen MR) is 69.0 cm³/mol. The van der Waals surface area contributed by atoms with Gasteiger partial charge in [0, 0.05) is 22.7 Å². The van der Waals surface area contributed by atoms with Crippen LogP contribution in [0.1, 0.15) is 19.3 Å². The fourth-order valence-electron chi connectivity index (χ4n) is 3.05. The van der Waals surface area contributed by atoms with Crippen LogP contribution in [0.5, 0.6) is 0 Å². The summed E-state index contributed by atoms with van der Waals surface area (Å²) in [5.41, 5.74) is 0.750. The zero-order chi connectivity index (χ0) is 10.3. The second-order valence-electron chi connectivity index (χ2n) is 4.67. The summed E-state index contributed by atoms with van der Waals surface area (Å²) in [6, 6.07) is 10.7. The minimum Gasteiger partial charge on any atom is -0.292 e. The third kappa shape index (κ3) is 1.40. The largest absolute Gasteiger partial charge is 0.292 e. The van der Waals surface area contributed by atoms with Crippen LogP contribution in [0.25, 0.3) is 0 Å². The first-order chi connectivity index (χ1) is 7.31. The van der Waals surface area contributed by atoms with Crippen molar-refractivity contribution >= 4 is 20.0 Å². The molecule has 0 spiro atoms. The van der Waals surface area contributed by atoms with Gasteiger partial charge < -0.3 is 0 Å². The molecule has 1 fully saturated rings. The minimum absolute atomic E-state index is 0.750. The van der Waals surface area contributed by atoms with E-state index in [4.69, 9.17) is 7.57 Å². The van der Waals surface area contributed by atoms with E-state index in [9.17, 15) is 0 Å². The summed E-state index contributed by atoms with van der Waals surface area (Å²) >= 11 is 0. The van der Waals surface area contributed by atoms with Gasteiger partial charge in [-0.1, -0.05) is 18.2 Å². The lowest BCUT2D eigenvalue weighted by Gasteiger charge is -2.37. The lowest BCUT2D eigenvalue weighted by molar-refractivity contribution is 0.705. The predicted octanol–water partition coefficient (Wildman–Crippen LogP) is 3.11. The minimum atomic E-state index is -1.46. The number of fused-ring (bicyclic) bond motifs is 1. The highest BCUT2D eigenvalue weighted by atomic mass is 31.2. The van der Waals surface area contributed by atoms with Crippen LogP contribution < -0.4 is 5.30 Å². The molecule has 0 nitrogen and oxygen atoms in total. The summed E-state index contributed by atoms with van der Waals surface area (Å²) in [5, 5.41) is 1.38. The van der Waals surface area contributed by atoms with Gasteiger partial charge in [0.25, 0.3) is 0 Å². The van der Waals surface area contributed by atoms with Gasteiger partial charge in [0.15, 0.2) is 0 Å². The molecular weight excluding hydrogens is 198 g/mol. The second kappa shape index (κ2) is 3.49. The molecule has 75 valence electrons. The maximum Gasteiger partial charge on any atom is 0.0463 e. The van der Waals surface area contributed by atoms with Crippen LogP contribution in [0.4, 0.5) is 0 Å². The molecule has 15 heavy (non-hydrogen) atoms. The quantitative estimate of drug-likeness (QED) is 0.496. The molecule has 3 radical (unpaired) electrons. The summed E-state index contributed by atoms with van der Waals surface area (Å²) < 4.78 is 0. The number of rotatable bonds is 1. The number of allylic oxidation sites excluding steroid dienone is 1. The van der Waals surface area contributed by atoms with Crippen molar-refractivity contribution in [3.05, 3.63) is 42.2 Å². The molecule has 0 N–H and O–H groups in total. The van der Waals surface area contributed by atoms with Crippen LogP contribution in [0, 0.1) is 5.92 Å². The summed E-state index contributed by atoms with van der Waals surface area (Å²) in [7, 11) is 5.23. The molecule has 1 saturated carbocycles. The standard InChI is InChI=1S/C13H15BP/c14-15(12-6-2-1-3-7-12)10-9-11-5-4-8-13(11)15/h1-3,6-7,9-11,13H,4-5,8H2. The molecule has 1 heterocycles. The van der Waals surface area contributed by atoms with Crippen molar-refractivity contribution in [2.24, 2.45) is 5.92 Å². The van der Waals surface area contributed by atoms with E-state index in [-0.39, 0.29) is 0 Å². The topological polar surface area (TPSA) is 0 Å². The van der Waals surface area contributed by atoms with Gasteiger partial charge in [-0.15, -0.1) is 0 Å². The Bertz CT molecular complexity index is 387. The second-order valence-corrected chi connectivity index (χ2v) is 7.82. The van der Waals surface area contributed by atoms with Gasteiger partial charge in [-0.25, -0.2) is 0 Å². The van der Waals surface area contributed by atoms with E-state index in [1.54, 1.807) is 0 Å². The molecular formula is C13H15BP. The van der Waals surface area contributed by atoms with Gasteiger partial charge >= 0.3 is 0 Å². The average Bonchev–Trinajstić information content (AvgIpc) is 2.85. The highest BCUT2D eigenvalue weighted by molar-refractivity contribution is 8.06. The first kappa shape index (κ1) is 9.66. The highest BCUT2D eigenvalue weighted by Crippen LogP contribution is 2.68. The van der Waals surface area contributed by atoms with Crippen LogP contribution in [0.15, 0.2) is 42.2 Å².